The van der Waals surface area contributed by atoms with Crippen molar-refractivity contribution in [2.75, 3.05) is 26.7 Å². The number of methoxy groups -OCH3 is 1. The zero-order valence-corrected chi connectivity index (χ0v) is 13.9. The third kappa shape index (κ3) is 5.04. The van der Waals surface area contributed by atoms with Gasteiger partial charge in [-0.3, -0.25) is 15.0 Å². The van der Waals surface area contributed by atoms with Gasteiger partial charge in [-0.15, -0.1) is 0 Å². The molecule has 0 aliphatic heterocycles. The zero-order chi connectivity index (χ0) is 17.4. The molecule has 0 bridgehead atoms. The molecule has 0 unspecified atom stereocenters. The minimum Gasteiger partial charge on any atom is -0.490 e. The highest BCUT2D eigenvalue weighted by Crippen LogP contribution is 2.28. The quantitative estimate of drug-likeness (QED) is 0.565. The van der Waals surface area contributed by atoms with E-state index >= 15 is 0 Å². The highest BCUT2D eigenvalue weighted by atomic mass is 16.6. The van der Waals surface area contributed by atoms with Gasteiger partial charge in [0.1, 0.15) is 0 Å². The third-order valence-corrected chi connectivity index (χ3v) is 3.85. The van der Waals surface area contributed by atoms with Crippen molar-refractivity contribution in [3.63, 3.8) is 0 Å². The van der Waals surface area contributed by atoms with Crippen molar-refractivity contribution < 1.29 is 9.66 Å². The van der Waals surface area contributed by atoms with Gasteiger partial charge >= 0.3 is 5.69 Å². The summed E-state index contributed by atoms with van der Waals surface area (Å²) in [5.41, 5.74) is 7.84. The highest BCUT2D eigenvalue weighted by molar-refractivity contribution is 5.48. The van der Waals surface area contributed by atoms with Gasteiger partial charge in [-0.1, -0.05) is 36.4 Å². The van der Waals surface area contributed by atoms with Gasteiger partial charge in [0.15, 0.2) is 5.75 Å². The Morgan fingerprint density at radius 1 is 1.12 bits per heavy atom. The Labute approximate surface area is 142 Å². The van der Waals surface area contributed by atoms with E-state index < -0.39 is 4.92 Å². The van der Waals surface area contributed by atoms with E-state index in [2.05, 4.69) is 17.0 Å². The van der Waals surface area contributed by atoms with Gasteiger partial charge < -0.3 is 10.5 Å². The number of benzene rings is 2. The summed E-state index contributed by atoms with van der Waals surface area (Å²) in [6.07, 6.45) is 0.916. The summed E-state index contributed by atoms with van der Waals surface area (Å²) in [6.45, 7) is 2.76. The summed E-state index contributed by atoms with van der Waals surface area (Å²) < 4.78 is 5.04. The molecule has 0 aromatic heterocycles. The molecule has 0 saturated carbocycles. The molecular weight excluding hydrogens is 306 g/mol. The van der Waals surface area contributed by atoms with Gasteiger partial charge in [0.2, 0.25) is 0 Å². The Morgan fingerprint density at radius 2 is 1.88 bits per heavy atom. The average Bonchev–Trinajstić information content (AvgIpc) is 2.60. The minimum atomic E-state index is -0.417. The molecule has 0 fully saturated rings. The van der Waals surface area contributed by atoms with Crippen LogP contribution in [0.3, 0.4) is 0 Å². The molecule has 2 aromatic carbocycles. The number of hydrogen-bond acceptors (Lipinski definition) is 5. The van der Waals surface area contributed by atoms with E-state index in [1.165, 1.54) is 12.7 Å². The van der Waals surface area contributed by atoms with Gasteiger partial charge in [0.25, 0.3) is 0 Å². The summed E-state index contributed by atoms with van der Waals surface area (Å²) in [7, 11) is 1.43. The second kappa shape index (κ2) is 9.00. The monoisotopic (exact) mass is 329 g/mol. The van der Waals surface area contributed by atoms with Crippen molar-refractivity contribution in [2.24, 2.45) is 5.73 Å². The number of nitrogens with two attached hydrogens (primary N) is 1. The number of rotatable bonds is 9. The van der Waals surface area contributed by atoms with Gasteiger partial charge in [-0.2, -0.15) is 0 Å². The Kier molecular flexibility index (Phi) is 6.72. The molecule has 2 N–H and O–H groups in total. The van der Waals surface area contributed by atoms with E-state index in [1.807, 2.05) is 24.3 Å². The largest absolute Gasteiger partial charge is 0.490 e. The van der Waals surface area contributed by atoms with Crippen LogP contribution in [0.15, 0.2) is 48.5 Å². The fourth-order valence-electron chi connectivity index (χ4n) is 2.62. The molecule has 0 aliphatic rings. The number of ether oxygens (including phenoxy) is 1. The van der Waals surface area contributed by atoms with Crippen molar-refractivity contribution in [1.82, 2.24) is 4.90 Å². The van der Waals surface area contributed by atoms with E-state index in [0.717, 1.165) is 25.1 Å². The SMILES string of the molecule is COc1ccc(CN(CCN)CCc2ccccc2)cc1[N+](=O)[O-]. The summed E-state index contributed by atoms with van der Waals surface area (Å²) in [5, 5.41) is 11.1. The first kappa shape index (κ1) is 17.9. The van der Waals surface area contributed by atoms with Crippen LogP contribution < -0.4 is 10.5 Å². The van der Waals surface area contributed by atoms with Crippen LogP contribution in [-0.2, 0) is 13.0 Å². The zero-order valence-electron chi connectivity index (χ0n) is 13.9. The normalized spacial score (nSPS) is 10.8. The maximum atomic E-state index is 11.1. The van der Waals surface area contributed by atoms with E-state index in [0.29, 0.717) is 13.1 Å². The summed E-state index contributed by atoms with van der Waals surface area (Å²) in [5.74, 6) is 0.276. The standard InChI is InChI=1S/C18H23N3O3/c1-24-18-8-7-16(13-17(18)21(22)23)14-20(12-10-19)11-9-15-5-3-2-4-6-15/h2-8,13H,9-12,14,19H2,1H3. The lowest BCUT2D eigenvalue weighted by atomic mass is 10.1. The number of hydrogen-bond donors (Lipinski definition) is 1. The van der Waals surface area contributed by atoms with E-state index in [-0.39, 0.29) is 11.4 Å². The highest BCUT2D eigenvalue weighted by Gasteiger charge is 2.16. The second-order valence-corrected chi connectivity index (χ2v) is 5.56. The van der Waals surface area contributed by atoms with Crippen molar-refractivity contribution in [3.8, 4) is 5.75 Å². The molecule has 0 heterocycles. The topological polar surface area (TPSA) is 81.6 Å². The first-order valence-corrected chi connectivity index (χ1v) is 7.91. The first-order chi connectivity index (χ1) is 11.6. The molecule has 0 atom stereocenters. The lowest BCUT2D eigenvalue weighted by molar-refractivity contribution is -0.385. The number of nitrogens with zero attached hydrogens (tertiary/aromatic N) is 2. The van der Waals surface area contributed by atoms with Gasteiger partial charge in [0, 0.05) is 32.2 Å². The second-order valence-electron chi connectivity index (χ2n) is 5.56. The predicted molar refractivity (Wildman–Crippen MR) is 94.1 cm³/mol. The summed E-state index contributed by atoms with van der Waals surface area (Å²) >= 11 is 0. The fraction of sp³-hybridized carbons (Fsp3) is 0.333. The van der Waals surface area contributed by atoms with Crippen molar-refractivity contribution in [1.29, 1.82) is 0 Å². The molecule has 0 saturated heterocycles. The van der Waals surface area contributed by atoms with Crippen LogP contribution in [0.4, 0.5) is 5.69 Å². The predicted octanol–water partition coefficient (Wildman–Crippen LogP) is 2.61. The number of nitro benzene ring substituents is 1. The Morgan fingerprint density at radius 3 is 2.50 bits per heavy atom. The van der Waals surface area contributed by atoms with E-state index in [4.69, 9.17) is 10.5 Å². The van der Waals surface area contributed by atoms with Crippen LogP contribution in [0.1, 0.15) is 11.1 Å². The van der Waals surface area contributed by atoms with E-state index in [9.17, 15) is 10.1 Å². The molecule has 2 rings (SSSR count). The van der Waals surface area contributed by atoms with Crippen molar-refractivity contribution in [2.45, 2.75) is 13.0 Å². The van der Waals surface area contributed by atoms with E-state index in [1.54, 1.807) is 12.1 Å². The maximum Gasteiger partial charge on any atom is 0.311 e. The molecule has 2 aromatic rings. The van der Waals surface area contributed by atoms with Gasteiger partial charge in [-0.05, 0) is 23.6 Å². The molecule has 6 nitrogen and oxygen atoms in total. The van der Waals surface area contributed by atoms with Gasteiger partial charge in [0.05, 0.1) is 12.0 Å². The van der Waals surface area contributed by atoms with Crippen LogP contribution in [0, 0.1) is 10.1 Å². The van der Waals surface area contributed by atoms with Crippen molar-refractivity contribution in [3.05, 3.63) is 69.8 Å². The van der Waals surface area contributed by atoms with Gasteiger partial charge in [-0.25, -0.2) is 0 Å². The lowest BCUT2D eigenvalue weighted by Crippen LogP contribution is -2.31. The molecular formula is C18H23N3O3. The smallest absolute Gasteiger partial charge is 0.311 e. The molecule has 0 aliphatic carbocycles. The Bertz CT molecular complexity index is 662. The number of nitro groups is 1. The average molecular weight is 329 g/mol. The molecule has 24 heavy (non-hydrogen) atoms. The molecule has 0 radical (unpaired) electrons. The third-order valence-electron chi connectivity index (χ3n) is 3.85. The molecule has 0 spiro atoms. The molecule has 128 valence electrons. The van der Waals surface area contributed by atoms with Crippen LogP contribution >= 0.6 is 0 Å². The first-order valence-electron chi connectivity index (χ1n) is 7.91. The van der Waals surface area contributed by atoms with Crippen LogP contribution in [0.2, 0.25) is 0 Å². The Balaban J connectivity index is 2.06. The fourth-order valence-corrected chi connectivity index (χ4v) is 2.62. The van der Waals surface area contributed by atoms with Crippen LogP contribution in [-0.4, -0.2) is 36.6 Å². The van der Waals surface area contributed by atoms with Crippen LogP contribution in [0.5, 0.6) is 5.75 Å². The lowest BCUT2D eigenvalue weighted by Gasteiger charge is -2.21. The summed E-state index contributed by atoms with van der Waals surface area (Å²) in [6, 6.07) is 15.3. The maximum absolute atomic E-state index is 11.1. The molecule has 6 heteroatoms. The molecule has 0 amide bonds. The van der Waals surface area contributed by atoms with Crippen LogP contribution in [0.25, 0.3) is 0 Å². The summed E-state index contributed by atoms with van der Waals surface area (Å²) in [4.78, 5) is 12.9. The van der Waals surface area contributed by atoms with Crippen molar-refractivity contribution >= 4 is 5.69 Å². The Hall–Kier alpha value is -2.44. The minimum absolute atomic E-state index is 0.00856.